The van der Waals surface area contributed by atoms with E-state index in [1.807, 2.05) is 17.8 Å². The molecule has 1 aliphatic heterocycles. The van der Waals surface area contributed by atoms with Crippen molar-refractivity contribution in [2.75, 3.05) is 6.61 Å². The highest BCUT2D eigenvalue weighted by molar-refractivity contribution is 5.06. The van der Waals surface area contributed by atoms with Gasteiger partial charge >= 0.3 is 0 Å². The van der Waals surface area contributed by atoms with E-state index < -0.39 is 0 Å². The lowest BCUT2D eigenvalue weighted by atomic mass is 10.1. The second-order valence-electron chi connectivity index (χ2n) is 3.39. The second kappa shape index (κ2) is 3.47. The summed E-state index contributed by atoms with van der Waals surface area (Å²) in [5.74, 6) is 0. The van der Waals surface area contributed by atoms with E-state index in [1.54, 1.807) is 6.20 Å². The van der Waals surface area contributed by atoms with Gasteiger partial charge in [0, 0.05) is 13.2 Å². The predicted molar refractivity (Wildman–Crippen MR) is 47.1 cm³/mol. The van der Waals surface area contributed by atoms with Gasteiger partial charge in [-0.1, -0.05) is 0 Å². The van der Waals surface area contributed by atoms with E-state index in [4.69, 9.17) is 9.84 Å². The summed E-state index contributed by atoms with van der Waals surface area (Å²) in [6.45, 7) is 0.119. The molecule has 0 amide bonds. The molecule has 4 nitrogen and oxygen atoms in total. The number of aliphatic hydroxyl groups excluding tert-OH is 1. The Balaban J connectivity index is 2.08. The van der Waals surface area contributed by atoms with Crippen molar-refractivity contribution in [2.24, 2.45) is 7.05 Å². The summed E-state index contributed by atoms with van der Waals surface area (Å²) in [6, 6.07) is 1.96. The van der Waals surface area contributed by atoms with Crippen LogP contribution in [0.1, 0.15) is 24.6 Å². The maximum absolute atomic E-state index is 8.90. The van der Waals surface area contributed by atoms with Gasteiger partial charge < -0.3 is 9.84 Å². The average molecular weight is 182 g/mol. The van der Waals surface area contributed by atoms with Crippen molar-refractivity contribution in [1.29, 1.82) is 0 Å². The molecule has 4 heteroatoms. The maximum Gasteiger partial charge on any atom is 0.0997 e. The number of rotatable bonds is 2. The lowest BCUT2D eigenvalue weighted by Gasteiger charge is -2.11. The third-order valence-electron chi connectivity index (χ3n) is 2.50. The molecule has 1 N–H and O–H groups in total. The van der Waals surface area contributed by atoms with Crippen LogP contribution in [0.4, 0.5) is 0 Å². The first-order valence-electron chi connectivity index (χ1n) is 4.55. The van der Waals surface area contributed by atoms with Crippen LogP contribution in [0.2, 0.25) is 0 Å². The molecule has 0 saturated carbocycles. The standard InChI is InChI=1S/C9H14N2O2/c1-11-8(4-5-10-11)9-3-2-7(6-12)13-9/h4-5,7,9,12H,2-3,6H2,1H3. The summed E-state index contributed by atoms with van der Waals surface area (Å²) in [5, 5.41) is 13.0. The number of aliphatic hydroxyl groups is 1. The Morgan fingerprint density at radius 1 is 1.69 bits per heavy atom. The van der Waals surface area contributed by atoms with Gasteiger partial charge in [0.15, 0.2) is 0 Å². The molecule has 72 valence electrons. The topological polar surface area (TPSA) is 47.3 Å². The minimum Gasteiger partial charge on any atom is -0.394 e. The Bertz CT molecular complexity index is 285. The third-order valence-corrected chi connectivity index (χ3v) is 2.50. The Hall–Kier alpha value is -0.870. The van der Waals surface area contributed by atoms with Crippen LogP contribution >= 0.6 is 0 Å². The Morgan fingerprint density at radius 2 is 2.54 bits per heavy atom. The zero-order chi connectivity index (χ0) is 9.26. The monoisotopic (exact) mass is 182 g/mol. The number of aryl methyl sites for hydroxylation is 1. The van der Waals surface area contributed by atoms with Gasteiger partial charge in [0.25, 0.3) is 0 Å². The molecule has 2 heterocycles. The van der Waals surface area contributed by atoms with Gasteiger partial charge in [0.05, 0.1) is 24.5 Å². The van der Waals surface area contributed by atoms with E-state index in [9.17, 15) is 0 Å². The molecule has 0 spiro atoms. The first-order valence-corrected chi connectivity index (χ1v) is 4.55. The summed E-state index contributed by atoms with van der Waals surface area (Å²) in [4.78, 5) is 0. The van der Waals surface area contributed by atoms with Crippen LogP contribution in [0.3, 0.4) is 0 Å². The minimum absolute atomic E-state index is 0.0138. The van der Waals surface area contributed by atoms with Crippen LogP contribution < -0.4 is 0 Å². The van der Waals surface area contributed by atoms with Crippen molar-refractivity contribution in [3.8, 4) is 0 Å². The predicted octanol–water partition coefficient (Wildman–Crippen LogP) is 0.633. The molecular formula is C9H14N2O2. The number of ether oxygens (including phenoxy) is 1. The van der Waals surface area contributed by atoms with Crippen LogP contribution in [0, 0.1) is 0 Å². The molecular weight excluding hydrogens is 168 g/mol. The molecule has 1 aromatic rings. The van der Waals surface area contributed by atoms with E-state index in [0.29, 0.717) is 0 Å². The average Bonchev–Trinajstić information content (AvgIpc) is 2.71. The first kappa shape index (κ1) is 8.72. The van der Waals surface area contributed by atoms with Gasteiger partial charge in [0.2, 0.25) is 0 Å². The van der Waals surface area contributed by atoms with Crippen LogP contribution in [-0.2, 0) is 11.8 Å². The molecule has 0 aliphatic carbocycles. The summed E-state index contributed by atoms with van der Waals surface area (Å²) < 4.78 is 7.45. The maximum atomic E-state index is 8.90. The lowest BCUT2D eigenvalue weighted by Crippen LogP contribution is -2.12. The molecule has 1 fully saturated rings. The lowest BCUT2D eigenvalue weighted by molar-refractivity contribution is 0.00774. The van der Waals surface area contributed by atoms with Crippen molar-refractivity contribution in [3.05, 3.63) is 18.0 Å². The fourth-order valence-electron chi connectivity index (χ4n) is 1.76. The van der Waals surface area contributed by atoms with Crippen molar-refractivity contribution in [1.82, 2.24) is 9.78 Å². The third kappa shape index (κ3) is 1.59. The quantitative estimate of drug-likeness (QED) is 0.729. The first-order chi connectivity index (χ1) is 6.31. The van der Waals surface area contributed by atoms with Crippen molar-refractivity contribution in [2.45, 2.75) is 25.0 Å². The van der Waals surface area contributed by atoms with Crippen molar-refractivity contribution < 1.29 is 9.84 Å². The molecule has 2 atom stereocenters. The van der Waals surface area contributed by atoms with Gasteiger partial charge in [-0.3, -0.25) is 4.68 Å². The Morgan fingerprint density at radius 3 is 3.08 bits per heavy atom. The molecule has 0 bridgehead atoms. The van der Waals surface area contributed by atoms with Crippen LogP contribution in [0.25, 0.3) is 0 Å². The summed E-state index contributed by atoms with van der Waals surface area (Å²) >= 11 is 0. The van der Waals surface area contributed by atoms with Crippen LogP contribution in [0.5, 0.6) is 0 Å². The zero-order valence-electron chi connectivity index (χ0n) is 7.68. The number of hydrogen-bond acceptors (Lipinski definition) is 3. The van der Waals surface area contributed by atoms with Gasteiger partial charge in [0.1, 0.15) is 0 Å². The molecule has 1 aromatic heterocycles. The highest BCUT2D eigenvalue weighted by Crippen LogP contribution is 2.31. The normalized spacial score (nSPS) is 28.2. The zero-order valence-corrected chi connectivity index (χ0v) is 7.68. The molecule has 2 rings (SSSR count). The van der Waals surface area contributed by atoms with Crippen LogP contribution in [0.15, 0.2) is 12.3 Å². The number of hydrogen-bond donors (Lipinski definition) is 1. The Kier molecular flexibility index (Phi) is 2.33. The van der Waals surface area contributed by atoms with Crippen molar-refractivity contribution >= 4 is 0 Å². The highest BCUT2D eigenvalue weighted by atomic mass is 16.5. The molecule has 0 aromatic carbocycles. The fourth-order valence-corrected chi connectivity index (χ4v) is 1.76. The van der Waals surface area contributed by atoms with E-state index in [0.717, 1.165) is 18.5 Å². The molecule has 2 unspecified atom stereocenters. The van der Waals surface area contributed by atoms with Crippen LogP contribution in [-0.4, -0.2) is 27.6 Å². The second-order valence-corrected chi connectivity index (χ2v) is 3.39. The molecule has 1 saturated heterocycles. The number of nitrogens with zero attached hydrogens (tertiary/aromatic N) is 2. The minimum atomic E-state index is 0.0138. The molecule has 1 aliphatic rings. The van der Waals surface area contributed by atoms with E-state index in [-0.39, 0.29) is 18.8 Å². The van der Waals surface area contributed by atoms with Gasteiger partial charge in [-0.15, -0.1) is 0 Å². The van der Waals surface area contributed by atoms with Gasteiger partial charge in [-0.25, -0.2) is 0 Å². The smallest absolute Gasteiger partial charge is 0.0997 e. The van der Waals surface area contributed by atoms with Gasteiger partial charge in [-0.2, -0.15) is 5.10 Å². The highest BCUT2D eigenvalue weighted by Gasteiger charge is 2.27. The number of aromatic nitrogens is 2. The fraction of sp³-hybridized carbons (Fsp3) is 0.667. The summed E-state index contributed by atoms with van der Waals surface area (Å²) in [6.07, 6.45) is 3.81. The SMILES string of the molecule is Cn1nccc1C1CCC(CO)O1. The Labute approximate surface area is 77.1 Å². The van der Waals surface area contributed by atoms with E-state index in [1.165, 1.54) is 0 Å². The van der Waals surface area contributed by atoms with E-state index >= 15 is 0 Å². The van der Waals surface area contributed by atoms with Crippen molar-refractivity contribution in [3.63, 3.8) is 0 Å². The van der Waals surface area contributed by atoms with Gasteiger partial charge in [-0.05, 0) is 18.9 Å². The summed E-state index contributed by atoms with van der Waals surface area (Å²) in [7, 11) is 1.91. The molecule has 13 heavy (non-hydrogen) atoms. The van der Waals surface area contributed by atoms with E-state index in [2.05, 4.69) is 5.10 Å². The molecule has 0 radical (unpaired) electrons. The summed E-state index contributed by atoms with van der Waals surface area (Å²) in [5.41, 5.74) is 1.09. The largest absolute Gasteiger partial charge is 0.394 e.